The Labute approximate surface area is 137 Å². The third kappa shape index (κ3) is 3.82. The molecule has 0 N–H and O–H groups in total. The Bertz CT molecular complexity index is 751. The maximum atomic E-state index is 12.1. The molecule has 1 aromatic carbocycles. The van der Waals surface area contributed by atoms with Crippen molar-refractivity contribution in [2.45, 2.75) is 32.4 Å². The largest absolute Gasteiger partial charge is 0.235 e. The first kappa shape index (κ1) is 16.4. The van der Waals surface area contributed by atoms with Gasteiger partial charge in [-0.05, 0) is 52.0 Å². The van der Waals surface area contributed by atoms with Crippen molar-refractivity contribution >= 4 is 50.8 Å². The predicted octanol–water partition coefficient (Wildman–Crippen LogP) is 4.81. The van der Waals surface area contributed by atoms with Gasteiger partial charge in [0, 0.05) is 16.0 Å². The molecule has 0 saturated heterocycles. The number of fused-ring (bicyclic) bond motifs is 1. The van der Waals surface area contributed by atoms with Crippen LogP contribution in [0.2, 0.25) is 10.2 Å². The van der Waals surface area contributed by atoms with E-state index in [1.54, 1.807) is 13.0 Å². The fourth-order valence-electron chi connectivity index (χ4n) is 1.69. The molecule has 1 unspecified atom stereocenters. The number of aromatic nitrogens is 1. The van der Waals surface area contributed by atoms with Crippen LogP contribution in [0.5, 0.6) is 0 Å². The molecule has 0 spiro atoms. The van der Waals surface area contributed by atoms with Gasteiger partial charge in [0.2, 0.25) is 0 Å². The molecular weight excluding hydrogens is 327 g/mol. The SMILES string of the molecule is C/C(=N\S(=O)C(C)(C)C)c1cc2cc(Cl)ccc2nc1Cl. The average Bonchev–Trinajstić information content (AvgIpc) is 2.37. The minimum absolute atomic E-state index is 0.344. The van der Waals surface area contributed by atoms with E-state index in [0.29, 0.717) is 21.5 Å². The van der Waals surface area contributed by atoms with Crippen molar-refractivity contribution < 1.29 is 4.21 Å². The number of hydrogen-bond donors (Lipinski definition) is 0. The summed E-state index contributed by atoms with van der Waals surface area (Å²) in [5.41, 5.74) is 2.03. The van der Waals surface area contributed by atoms with E-state index in [2.05, 4.69) is 9.38 Å². The van der Waals surface area contributed by atoms with Crippen LogP contribution in [-0.4, -0.2) is 19.7 Å². The molecule has 1 heterocycles. The van der Waals surface area contributed by atoms with E-state index in [1.807, 2.05) is 39.0 Å². The lowest BCUT2D eigenvalue weighted by molar-refractivity contribution is 0.650. The number of nitrogens with zero attached hydrogens (tertiary/aromatic N) is 2. The van der Waals surface area contributed by atoms with Gasteiger partial charge in [-0.25, -0.2) is 9.19 Å². The van der Waals surface area contributed by atoms with Gasteiger partial charge in [0.25, 0.3) is 0 Å². The van der Waals surface area contributed by atoms with E-state index in [0.717, 1.165) is 10.9 Å². The lowest BCUT2D eigenvalue weighted by Crippen LogP contribution is -2.20. The summed E-state index contributed by atoms with van der Waals surface area (Å²) in [5.74, 6) is 0. The molecule has 0 aliphatic heterocycles. The Morgan fingerprint density at radius 1 is 1.24 bits per heavy atom. The van der Waals surface area contributed by atoms with Gasteiger partial charge in [0.1, 0.15) is 16.1 Å². The van der Waals surface area contributed by atoms with Crippen LogP contribution >= 0.6 is 23.2 Å². The second-order valence-electron chi connectivity index (χ2n) is 5.70. The molecule has 0 aliphatic carbocycles. The molecule has 0 saturated carbocycles. The van der Waals surface area contributed by atoms with Crippen LogP contribution in [0.15, 0.2) is 28.7 Å². The molecular formula is C15H16Cl2N2OS. The Kier molecular flexibility index (Phi) is 4.71. The van der Waals surface area contributed by atoms with Crippen LogP contribution in [0.3, 0.4) is 0 Å². The molecule has 3 nitrogen and oxygen atoms in total. The third-order valence-corrected chi connectivity index (χ3v) is 4.87. The van der Waals surface area contributed by atoms with E-state index in [4.69, 9.17) is 23.2 Å². The van der Waals surface area contributed by atoms with Crippen molar-refractivity contribution in [2.24, 2.45) is 4.40 Å². The van der Waals surface area contributed by atoms with Gasteiger partial charge in [0.15, 0.2) is 0 Å². The van der Waals surface area contributed by atoms with Crippen molar-refractivity contribution in [1.29, 1.82) is 0 Å². The van der Waals surface area contributed by atoms with Crippen molar-refractivity contribution in [3.63, 3.8) is 0 Å². The first-order valence-corrected chi connectivity index (χ1v) is 8.28. The fourth-order valence-corrected chi connectivity index (χ4v) is 2.77. The molecule has 21 heavy (non-hydrogen) atoms. The minimum Gasteiger partial charge on any atom is -0.235 e. The van der Waals surface area contributed by atoms with Crippen LogP contribution < -0.4 is 0 Å². The number of benzene rings is 1. The van der Waals surface area contributed by atoms with Gasteiger partial charge in [-0.1, -0.05) is 23.2 Å². The zero-order valence-corrected chi connectivity index (χ0v) is 14.6. The number of pyridine rings is 1. The molecule has 0 bridgehead atoms. The quantitative estimate of drug-likeness (QED) is 0.580. The molecule has 0 fully saturated rings. The maximum Gasteiger partial charge on any atom is 0.145 e. The lowest BCUT2D eigenvalue weighted by atomic mass is 10.1. The zero-order chi connectivity index (χ0) is 15.8. The first-order chi connectivity index (χ1) is 9.68. The Morgan fingerprint density at radius 2 is 1.90 bits per heavy atom. The summed E-state index contributed by atoms with van der Waals surface area (Å²) >= 11 is 12.2. The molecule has 2 rings (SSSR count). The normalized spacial score (nSPS) is 14.5. The van der Waals surface area contributed by atoms with Crippen molar-refractivity contribution in [1.82, 2.24) is 4.98 Å². The summed E-state index contributed by atoms with van der Waals surface area (Å²) in [6.07, 6.45) is 0. The Morgan fingerprint density at radius 3 is 2.52 bits per heavy atom. The summed E-state index contributed by atoms with van der Waals surface area (Å²) in [5, 5.41) is 1.85. The third-order valence-electron chi connectivity index (χ3n) is 2.86. The molecule has 0 radical (unpaired) electrons. The molecule has 0 aliphatic rings. The van der Waals surface area contributed by atoms with Crippen molar-refractivity contribution in [3.8, 4) is 0 Å². The van der Waals surface area contributed by atoms with Gasteiger partial charge >= 0.3 is 0 Å². The summed E-state index contributed by atoms with van der Waals surface area (Å²) in [6.45, 7) is 7.41. The second-order valence-corrected chi connectivity index (χ2v) is 8.40. The molecule has 0 amide bonds. The second kappa shape index (κ2) is 6.03. The van der Waals surface area contributed by atoms with Gasteiger partial charge < -0.3 is 0 Å². The number of hydrogen-bond acceptors (Lipinski definition) is 2. The highest BCUT2D eigenvalue weighted by Crippen LogP contribution is 2.24. The molecule has 6 heteroatoms. The van der Waals surface area contributed by atoms with Crippen LogP contribution in [0, 0.1) is 0 Å². The maximum absolute atomic E-state index is 12.1. The van der Waals surface area contributed by atoms with E-state index in [9.17, 15) is 4.21 Å². The highest BCUT2D eigenvalue weighted by atomic mass is 35.5. The smallest absolute Gasteiger partial charge is 0.145 e. The van der Waals surface area contributed by atoms with E-state index >= 15 is 0 Å². The number of rotatable bonds is 2. The monoisotopic (exact) mass is 342 g/mol. The van der Waals surface area contributed by atoms with E-state index in [-0.39, 0.29) is 0 Å². The van der Waals surface area contributed by atoms with Crippen molar-refractivity contribution in [3.05, 3.63) is 40.0 Å². The zero-order valence-electron chi connectivity index (χ0n) is 12.3. The van der Waals surface area contributed by atoms with Crippen molar-refractivity contribution in [2.75, 3.05) is 0 Å². The number of halogens is 2. The first-order valence-electron chi connectivity index (χ1n) is 6.42. The summed E-state index contributed by atoms with van der Waals surface area (Å²) < 4.78 is 15.9. The predicted molar refractivity (Wildman–Crippen MR) is 91.9 cm³/mol. The van der Waals surface area contributed by atoms with Gasteiger partial charge in [-0.2, -0.15) is 4.40 Å². The molecule has 2 aromatic rings. The van der Waals surface area contributed by atoms with E-state index < -0.39 is 15.7 Å². The Hall–Kier alpha value is -0.970. The van der Waals surface area contributed by atoms with Crippen LogP contribution in [0.1, 0.15) is 33.3 Å². The van der Waals surface area contributed by atoms with E-state index in [1.165, 1.54) is 0 Å². The van der Waals surface area contributed by atoms with Gasteiger partial charge in [0.05, 0.1) is 16.0 Å². The minimum atomic E-state index is -1.34. The van der Waals surface area contributed by atoms with Crippen LogP contribution in [0.25, 0.3) is 10.9 Å². The molecule has 1 atom stereocenters. The van der Waals surface area contributed by atoms with Crippen LogP contribution in [0.4, 0.5) is 0 Å². The topological polar surface area (TPSA) is 42.3 Å². The van der Waals surface area contributed by atoms with Gasteiger partial charge in [-0.3, -0.25) is 0 Å². The molecule has 1 aromatic heterocycles. The summed E-state index contributed by atoms with van der Waals surface area (Å²) in [6, 6.07) is 7.27. The average molecular weight is 343 g/mol. The summed E-state index contributed by atoms with van der Waals surface area (Å²) in [7, 11) is -1.34. The summed E-state index contributed by atoms with van der Waals surface area (Å²) in [4.78, 5) is 4.33. The lowest BCUT2D eigenvalue weighted by Gasteiger charge is -2.14. The van der Waals surface area contributed by atoms with Crippen LogP contribution in [-0.2, 0) is 11.0 Å². The fraction of sp³-hybridized carbons (Fsp3) is 0.333. The van der Waals surface area contributed by atoms with Gasteiger partial charge in [-0.15, -0.1) is 0 Å². The molecule has 112 valence electrons. The highest BCUT2D eigenvalue weighted by Gasteiger charge is 2.20. The Balaban J connectivity index is 2.53. The standard InChI is InChI=1S/C15H16Cl2N2OS/c1-9(19-21(20)15(2,3)4)12-8-10-7-11(16)5-6-13(10)18-14(12)17/h5-8H,1-4H3/b19-9+. The highest BCUT2D eigenvalue weighted by molar-refractivity contribution is 7.85.